The average Bonchev–Trinajstić information content (AvgIpc) is 2.74. The fraction of sp³-hybridized carbons (Fsp3) is 0.500. The van der Waals surface area contributed by atoms with E-state index in [2.05, 4.69) is 12.2 Å². The van der Waals surface area contributed by atoms with Gasteiger partial charge in [0.15, 0.2) is 0 Å². The number of hydrogen-bond acceptors (Lipinski definition) is 2. The first-order valence-electron chi connectivity index (χ1n) is 6.33. The Morgan fingerprint density at radius 1 is 1.44 bits per heavy atom. The summed E-state index contributed by atoms with van der Waals surface area (Å²) in [7, 11) is 0. The van der Waals surface area contributed by atoms with Crippen molar-refractivity contribution < 1.29 is 4.39 Å². The maximum atomic E-state index is 13.7. The summed E-state index contributed by atoms with van der Waals surface area (Å²) in [5.74, 6) is -0.357. The zero-order valence-corrected chi connectivity index (χ0v) is 11.4. The Kier molecular flexibility index (Phi) is 3.85. The Bertz CT molecular complexity index is 453. The minimum absolute atomic E-state index is 0.0989. The van der Waals surface area contributed by atoms with Gasteiger partial charge in [-0.2, -0.15) is 0 Å². The molecule has 1 fully saturated rings. The van der Waals surface area contributed by atoms with Crippen molar-refractivity contribution in [3.63, 3.8) is 0 Å². The molecule has 1 aliphatic rings. The van der Waals surface area contributed by atoms with Crippen LogP contribution in [0.25, 0.3) is 0 Å². The van der Waals surface area contributed by atoms with Gasteiger partial charge in [-0.1, -0.05) is 32.0 Å². The summed E-state index contributed by atoms with van der Waals surface area (Å²) in [6.07, 6.45) is 5.08. The number of hydrogen-bond donors (Lipinski definition) is 2. The molecule has 0 atom stereocenters. The van der Waals surface area contributed by atoms with Crippen molar-refractivity contribution >= 4 is 22.9 Å². The molecule has 1 aromatic rings. The molecule has 1 saturated carbocycles. The van der Waals surface area contributed by atoms with E-state index < -0.39 is 0 Å². The third-order valence-electron chi connectivity index (χ3n) is 3.76. The van der Waals surface area contributed by atoms with Crippen LogP contribution in [0.15, 0.2) is 18.2 Å². The third kappa shape index (κ3) is 2.99. The van der Waals surface area contributed by atoms with Crippen molar-refractivity contribution in [1.29, 1.82) is 0 Å². The van der Waals surface area contributed by atoms with E-state index in [0.29, 0.717) is 11.0 Å². The van der Waals surface area contributed by atoms with Crippen LogP contribution in [0.3, 0.4) is 0 Å². The lowest BCUT2D eigenvalue weighted by Gasteiger charge is -2.24. The van der Waals surface area contributed by atoms with Crippen LogP contribution in [0.2, 0.25) is 0 Å². The van der Waals surface area contributed by atoms with Crippen LogP contribution in [0.4, 0.5) is 10.1 Å². The minimum Gasteiger partial charge on any atom is -0.389 e. The summed E-state index contributed by atoms with van der Waals surface area (Å²) >= 11 is 4.78. The number of nitrogens with one attached hydrogen (secondary N) is 1. The number of anilines is 1. The molecule has 2 nitrogen and oxygen atoms in total. The number of halogens is 1. The van der Waals surface area contributed by atoms with Crippen LogP contribution < -0.4 is 11.1 Å². The van der Waals surface area contributed by atoms with Crippen molar-refractivity contribution in [2.45, 2.75) is 32.6 Å². The average molecular weight is 266 g/mol. The molecule has 0 radical (unpaired) electrons. The van der Waals surface area contributed by atoms with Gasteiger partial charge in [-0.25, -0.2) is 4.39 Å². The van der Waals surface area contributed by atoms with Crippen molar-refractivity contribution in [3.8, 4) is 0 Å². The van der Waals surface area contributed by atoms with Gasteiger partial charge in [-0.3, -0.25) is 0 Å². The third-order valence-corrected chi connectivity index (χ3v) is 3.98. The zero-order valence-electron chi connectivity index (χ0n) is 10.6. The molecule has 4 heteroatoms. The highest BCUT2D eigenvalue weighted by atomic mass is 32.1. The van der Waals surface area contributed by atoms with Gasteiger partial charge in [0.05, 0.1) is 0 Å². The quantitative estimate of drug-likeness (QED) is 0.820. The molecular formula is C14H19FN2S. The van der Waals surface area contributed by atoms with E-state index in [-0.39, 0.29) is 10.8 Å². The highest BCUT2D eigenvalue weighted by Crippen LogP contribution is 2.37. The number of benzene rings is 1. The Morgan fingerprint density at radius 2 is 2.11 bits per heavy atom. The topological polar surface area (TPSA) is 38.0 Å². The largest absolute Gasteiger partial charge is 0.389 e. The monoisotopic (exact) mass is 266 g/mol. The first kappa shape index (κ1) is 13.3. The van der Waals surface area contributed by atoms with Crippen molar-refractivity contribution in [2.24, 2.45) is 11.1 Å². The van der Waals surface area contributed by atoms with Crippen LogP contribution in [0.5, 0.6) is 0 Å². The van der Waals surface area contributed by atoms with Gasteiger partial charge < -0.3 is 11.1 Å². The van der Waals surface area contributed by atoms with Crippen LogP contribution in [-0.4, -0.2) is 11.5 Å². The Hall–Kier alpha value is -1.16. The lowest BCUT2D eigenvalue weighted by Crippen LogP contribution is -2.23. The first-order valence-corrected chi connectivity index (χ1v) is 6.74. The number of thiocarbonyl (C=S) groups is 1. The Balaban J connectivity index is 2.02. The Morgan fingerprint density at radius 3 is 2.67 bits per heavy atom. The smallest absolute Gasteiger partial charge is 0.135 e. The molecule has 0 bridgehead atoms. The van der Waals surface area contributed by atoms with E-state index in [1.54, 1.807) is 6.07 Å². The molecule has 0 spiro atoms. The summed E-state index contributed by atoms with van der Waals surface area (Å²) < 4.78 is 13.7. The minimum atomic E-state index is -0.357. The summed E-state index contributed by atoms with van der Waals surface area (Å²) in [6.45, 7) is 3.17. The van der Waals surface area contributed by atoms with Crippen LogP contribution >= 0.6 is 12.2 Å². The lowest BCUT2D eigenvalue weighted by molar-refractivity contribution is 0.362. The molecule has 0 unspecified atom stereocenters. The molecule has 0 amide bonds. The molecule has 0 aromatic heterocycles. The van der Waals surface area contributed by atoms with Crippen LogP contribution in [0, 0.1) is 11.2 Å². The molecule has 3 N–H and O–H groups in total. The van der Waals surface area contributed by atoms with Gasteiger partial charge in [0, 0.05) is 17.8 Å². The van der Waals surface area contributed by atoms with Crippen molar-refractivity contribution in [1.82, 2.24) is 0 Å². The molecule has 0 saturated heterocycles. The van der Waals surface area contributed by atoms with Gasteiger partial charge in [0.2, 0.25) is 0 Å². The molecule has 18 heavy (non-hydrogen) atoms. The highest BCUT2D eigenvalue weighted by Gasteiger charge is 2.28. The molecule has 1 aromatic carbocycles. The summed E-state index contributed by atoms with van der Waals surface area (Å²) in [4.78, 5) is 0.0989. The normalized spacial score (nSPS) is 17.7. The van der Waals surface area contributed by atoms with Crippen LogP contribution in [-0.2, 0) is 0 Å². The molecule has 98 valence electrons. The predicted molar refractivity (Wildman–Crippen MR) is 77.4 cm³/mol. The van der Waals surface area contributed by atoms with Crippen LogP contribution in [0.1, 0.15) is 38.2 Å². The molecule has 0 aliphatic heterocycles. The first-order chi connectivity index (χ1) is 8.50. The lowest BCUT2D eigenvalue weighted by atomic mass is 9.89. The van der Waals surface area contributed by atoms with E-state index in [9.17, 15) is 4.39 Å². The molecule has 0 heterocycles. The molecular weight excluding hydrogens is 247 g/mol. The van der Waals surface area contributed by atoms with E-state index in [1.807, 2.05) is 6.07 Å². The van der Waals surface area contributed by atoms with E-state index in [0.717, 1.165) is 12.2 Å². The zero-order chi connectivity index (χ0) is 13.2. The maximum Gasteiger partial charge on any atom is 0.135 e. The number of rotatable bonds is 4. The summed E-state index contributed by atoms with van der Waals surface area (Å²) in [6, 6.07) is 4.93. The van der Waals surface area contributed by atoms with Crippen molar-refractivity contribution in [2.75, 3.05) is 11.9 Å². The Labute approximate surface area is 113 Å². The maximum absolute atomic E-state index is 13.7. The molecule has 1 aliphatic carbocycles. The fourth-order valence-electron chi connectivity index (χ4n) is 2.55. The second-order valence-electron chi connectivity index (χ2n) is 5.43. The van der Waals surface area contributed by atoms with E-state index in [1.165, 1.54) is 31.7 Å². The van der Waals surface area contributed by atoms with Gasteiger partial charge in [0.25, 0.3) is 0 Å². The highest BCUT2D eigenvalue weighted by molar-refractivity contribution is 7.80. The van der Waals surface area contributed by atoms with Gasteiger partial charge in [-0.05, 0) is 36.5 Å². The fourth-order valence-corrected chi connectivity index (χ4v) is 2.71. The van der Waals surface area contributed by atoms with Gasteiger partial charge >= 0.3 is 0 Å². The summed E-state index contributed by atoms with van der Waals surface area (Å²) in [5, 5.41) is 3.31. The van der Waals surface area contributed by atoms with E-state index >= 15 is 0 Å². The standard InChI is InChI=1S/C14H19FN2S/c1-14(6-2-3-7-14)9-17-10-4-5-11(13(16)18)12(15)8-10/h4-5,8,17H,2-3,6-7,9H2,1H3,(H2,16,18). The second kappa shape index (κ2) is 5.22. The van der Waals surface area contributed by atoms with Crippen molar-refractivity contribution in [3.05, 3.63) is 29.6 Å². The van der Waals surface area contributed by atoms with Gasteiger partial charge in [0.1, 0.15) is 10.8 Å². The molecule has 2 rings (SSSR count). The summed E-state index contributed by atoms with van der Waals surface area (Å²) in [5.41, 5.74) is 6.88. The van der Waals surface area contributed by atoms with Gasteiger partial charge in [-0.15, -0.1) is 0 Å². The number of nitrogens with two attached hydrogens (primary N) is 1. The SMILES string of the molecule is CC1(CNc2ccc(C(N)=S)c(F)c2)CCCC1. The van der Waals surface area contributed by atoms with E-state index in [4.69, 9.17) is 18.0 Å². The second-order valence-corrected chi connectivity index (χ2v) is 5.87. The predicted octanol–water partition coefficient (Wildman–Crippen LogP) is 3.45.